The van der Waals surface area contributed by atoms with E-state index in [2.05, 4.69) is 15.5 Å². The highest BCUT2D eigenvalue weighted by atomic mass is 32.1. The summed E-state index contributed by atoms with van der Waals surface area (Å²) >= 11 is 1.54. The van der Waals surface area contributed by atoms with Gasteiger partial charge in [-0.15, -0.1) is 11.3 Å². The molecule has 2 heterocycles. The van der Waals surface area contributed by atoms with Crippen LogP contribution in [0.4, 0.5) is 18.9 Å². The standard InChI is InChI=1S/C14H10F3N3S/c15-9-4-11(17)12(5-10(9)16)18-6-8-7-19-20-14(8)13-2-1-3-21-13/h1-5,7,18H,6H2,(H,19,20). The van der Waals surface area contributed by atoms with Crippen molar-refractivity contribution in [2.75, 3.05) is 5.32 Å². The summed E-state index contributed by atoms with van der Waals surface area (Å²) < 4.78 is 39.5. The smallest absolute Gasteiger partial charge is 0.161 e. The molecule has 0 bridgehead atoms. The molecule has 21 heavy (non-hydrogen) atoms. The summed E-state index contributed by atoms with van der Waals surface area (Å²) in [7, 11) is 0. The van der Waals surface area contributed by atoms with Crippen LogP contribution in [0.5, 0.6) is 0 Å². The van der Waals surface area contributed by atoms with Gasteiger partial charge in [0.1, 0.15) is 5.82 Å². The lowest BCUT2D eigenvalue weighted by Gasteiger charge is -2.08. The third-order valence-electron chi connectivity index (χ3n) is 2.96. The fourth-order valence-electron chi connectivity index (χ4n) is 1.93. The lowest BCUT2D eigenvalue weighted by molar-refractivity contribution is 0.496. The molecule has 0 spiro atoms. The minimum atomic E-state index is -1.21. The normalized spacial score (nSPS) is 10.8. The first kappa shape index (κ1) is 13.7. The number of anilines is 1. The van der Waals surface area contributed by atoms with Gasteiger partial charge in [-0.2, -0.15) is 5.10 Å². The van der Waals surface area contributed by atoms with Gasteiger partial charge in [-0.3, -0.25) is 5.10 Å². The Kier molecular flexibility index (Phi) is 3.66. The molecule has 0 unspecified atom stereocenters. The van der Waals surface area contributed by atoms with E-state index in [0.29, 0.717) is 6.07 Å². The molecule has 0 amide bonds. The Morgan fingerprint density at radius 3 is 2.71 bits per heavy atom. The van der Waals surface area contributed by atoms with Crippen LogP contribution in [0, 0.1) is 17.5 Å². The van der Waals surface area contributed by atoms with Crippen molar-refractivity contribution in [2.45, 2.75) is 6.54 Å². The summed E-state index contributed by atoms with van der Waals surface area (Å²) in [6.45, 7) is 0.242. The summed E-state index contributed by atoms with van der Waals surface area (Å²) in [4.78, 5) is 0.995. The van der Waals surface area contributed by atoms with Crippen LogP contribution in [0.1, 0.15) is 5.56 Å². The number of rotatable bonds is 4. The molecule has 108 valence electrons. The topological polar surface area (TPSA) is 40.7 Å². The maximum absolute atomic E-state index is 13.5. The van der Waals surface area contributed by atoms with Crippen LogP contribution in [0.25, 0.3) is 10.6 Å². The molecule has 2 N–H and O–H groups in total. The summed E-state index contributed by atoms with van der Waals surface area (Å²) in [5.74, 6) is -3.14. The zero-order valence-corrected chi connectivity index (χ0v) is 11.5. The van der Waals surface area contributed by atoms with Crippen molar-refractivity contribution in [2.24, 2.45) is 0 Å². The SMILES string of the molecule is Fc1cc(F)c(NCc2cn[nH]c2-c2cccs2)cc1F. The Morgan fingerprint density at radius 2 is 1.95 bits per heavy atom. The summed E-state index contributed by atoms with van der Waals surface area (Å²) in [5.41, 5.74) is 1.54. The Morgan fingerprint density at radius 1 is 1.14 bits per heavy atom. The fourth-order valence-corrected chi connectivity index (χ4v) is 2.68. The maximum atomic E-state index is 13.5. The molecule has 3 rings (SSSR count). The molecular weight excluding hydrogens is 299 g/mol. The molecule has 0 aliphatic heterocycles. The molecule has 3 nitrogen and oxygen atoms in total. The maximum Gasteiger partial charge on any atom is 0.161 e. The minimum absolute atomic E-state index is 0.0905. The van der Waals surface area contributed by atoms with Crippen molar-refractivity contribution >= 4 is 17.0 Å². The molecule has 7 heteroatoms. The van der Waals surface area contributed by atoms with E-state index in [9.17, 15) is 13.2 Å². The molecule has 1 aromatic carbocycles. The number of hydrogen-bond acceptors (Lipinski definition) is 3. The Labute approximate surface area is 122 Å². The van der Waals surface area contributed by atoms with Gasteiger partial charge >= 0.3 is 0 Å². The van der Waals surface area contributed by atoms with Gasteiger partial charge < -0.3 is 5.32 Å². The van der Waals surface area contributed by atoms with Crippen LogP contribution in [0.3, 0.4) is 0 Å². The molecule has 0 fully saturated rings. The van der Waals surface area contributed by atoms with E-state index >= 15 is 0 Å². The summed E-state index contributed by atoms with van der Waals surface area (Å²) in [5, 5.41) is 11.5. The van der Waals surface area contributed by atoms with Gasteiger partial charge in [0.2, 0.25) is 0 Å². The van der Waals surface area contributed by atoms with Crippen molar-refractivity contribution in [3.05, 3.63) is 58.9 Å². The van der Waals surface area contributed by atoms with Gasteiger partial charge in [0.25, 0.3) is 0 Å². The largest absolute Gasteiger partial charge is 0.378 e. The van der Waals surface area contributed by atoms with E-state index in [-0.39, 0.29) is 12.2 Å². The fraction of sp³-hybridized carbons (Fsp3) is 0.0714. The van der Waals surface area contributed by atoms with Crippen LogP contribution >= 0.6 is 11.3 Å². The number of H-pyrrole nitrogens is 1. The van der Waals surface area contributed by atoms with Gasteiger partial charge in [-0.1, -0.05) is 6.07 Å². The van der Waals surface area contributed by atoms with Crippen LogP contribution in [-0.4, -0.2) is 10.2 Å². The molecule has 0 saturated heterocycles. The number of benzene rings is 1. The molecule has 3 aromatic rings. The highest BCUT2D eigenvalue weighted by Crippen LogP contribution is 2.27. The number of aromatic nitrogens is 2. The lowest BCUT2D eigenvalue weighted by Crippen LogP contribution is -2.03. The second kappa shape index (κ2) is 5.61. The monoisotopic (exact) mass is 309 g/mol. The average Bonchev–Trinajstić information content (AvgIpc) is 3.11. The predicted octanol–water partition coefficient (Wildman–Crippen LogP) is 4.17. The second-order valence-electron chi connectivity index (χ2n) is 4.35. The van der Waals surface area contributed by atoms with Crippen molar-refractivity contribution in [3.63, 3.8) is 0 Å². The van der Waals surface area contributed by atoms with Crippen molar-refractivity contribution < 1.29 is 13.2 Å². The Hall–Kier alpha value is -2.28. The zero-order chi connectivity index (χ0) is 14.8. The number of thiophene rings is 1. The summed E-state index contributed by atoms with van der Waals surface area (Å²) in [6, 6.07) is 5.16. The van der Waals surface area contributed by atoms with Crippen LogP contribution in [-0.2, 0) is 6.54 Å². The molecule has 0 saturated carbocycles. The molecule has 0 atom stereocenters. The van der Waals surface area contributed by atoms with E-state index in [1.54, 1.807) is 17.5 Å². The summed E-state index contributed by atoms with van der Waals surface area (Å²) in [6.07, 6.45) is 1.61. The van der Waals surface area contributed by atoms with Gasteiger partial charge in [0, 0.05) is 24.2 Å². The number of aromatic amines is 1. The second-order valence-corrected chi connectivity index (χ2v) is 5.29. The first-order valence-corrected chi connectivity index (χ1v) is 6.97. The van der Waals surface area contributed by atoms with Gasteiger partial charge in [0.15, 0.2) is 11.6 Å². The first-order valence-electron chi connectivity index (χ1n) is 6.09. The number of nitrogens with one attached hydrogen (secondary N) is 2. The van der Waals surface area contributed by atoms with Crippen molar-refractivity contribution in [1.82, 2.24) is 10.2 Å². The van der Waals surface area contributed by atoms with E-state index < -0.39 is 17.5 Å². The molecule has 2 aromatic heterocycles. The molecule has 0 radical (unpaired) electrons. The highest BCUT2D eigenvalue weighted by molar-refractivity contribution is 7.13. The zero-order valence-electron chi connectivity index (χ0n) is 10.7. The van der Waals surface area contributed by atoms with Crippen LogP contribution < -0.4 is 5.32 Å². The van der Waals surface area contributed by atoms with E-state index in [1.807, 2.05) is 17.5 Å². The molecule has 0 aliphatic rings. The van der Waals surface area contributed by atoms with E-state index in [0.717, 1.165) is 22.2 Å². The van der Waals surface area contributed by atoms with Gasteiger partial charge in [-0.25, -0.2) is 13.2 Å². The highest BCUT2D eigenvalue weighted by Gasteiger charge is 2.12. The third kappa shape index (κ3) is 2.78. The Bertz CT molecular complexity index is 753. The quantitative estimate of drug-likeness (QED) is 0.710. The number of halogens is 3. The van der Waals surface area contributed by atoms with Crippen LogP contribution in [0.2, 0.25) is 0 Å². The third-order valence-corrected chi connectivity index (χ3v) is 3.85. The van der Waals surface area contributed by atoms with Crippen molar-refractivity contribution in [3.8, 4) is 10.6 Å². The number of hydrogen-bond donors (Lipinski definition) is 2. The molecular formula is C14H10F3N3S. The van der Waals surface area contributed by atoms with Gasteiger partial charge in [-0.05, 0) is 11.4 Å². The average molecular weight is 309 g/mol. The lowest BCUT2D eigenvalue weighted by atomic mass is 10.2. The number of nitrogens with zero attached hydrogens (tertiary/aromatic N) is 1. The minimum Gasteiger partial charge on any atom is -0.378 e. The van der Waals surface area contributed by atoms with Gasteiger partial charge in [0.05, 0.1) is 22.5 Å². The predicted molar refractivity (Wildman–Crippen MR) is 75.5 cm³/mol. The van der Waals surface area contributed by atoms with E-state index in [4.69, 9.17) is 0 Å². The van der Waals surface area contributed by atoms with Crippen LogP contribution in [0.15, 0.2) is 35.8 Å². The first-order chi connectivity index (χ1) is 10.1. The molecule has 0 aliphatic carbocycles. The van der Waals surface area contributed by atoms with E-state index in [1.165, 1.54) is 0 Å². The van der Waals surface area contributed by atoms with Crippen molar-refractivity contribution in [1.29, 1.82) is 0 Å². The Balaban J connectivity index is 1.80.